The Bertz CT molecular complexity index is 842. The van der Waals surface area contributed by atoms with E-state index in [1.54, 1.807) is 14.0 Å². The van der Waals surface area contributed by atoms with Gasteiger partial charge in [0.25, 0.3) is 0 Å². The minimum absolute atomic E-state index is 0.0891. The number of Topliss-reactive ketones (excluding diaryl/α,β-unsaturated/α-hetero) is 1. The van der Waals surface area contributed by atoms with Gasteiger partial charge < -0.3 is 9.47 Å². The maximum Gasteiger partial charge on any atom is 0.159 e. The summed E-state index contributed by atoms with van der Waals surface area (Å²) in [5.41, 5.74) is 4.34. The predicted octanol–water partition coefficient (Wildman–Crippen LogP) is 3.92. The maximum atomic E-state index is 11.8. The van der Waals surface area contributed by atoms with Crippen LogP contribution in [0.4, 0.5) is 0 Å². The molecule has 0 N–H and O–H groups in total. The molecular formula is C24H32N2O3. The minimum atomic E-state index is 0.0891. The summed E-state index contributed by atoms with van der Waals surface area (Å²) in [6.45, 7) is 12.0. The molecule has 3 rings (SSSR count). The van der Waals surface area contributed by atoms with Gasteiger partial charge in [-0.3, -0.25) is 14.6 Å². The number of methoxy groups -OCH3 is 1. The Kier molecular flexibility index (Phi) is 7.29. The SMILES string of the molecule is CCOc1ccc(C(C)=O)cc1CN1CCN(Cc2cc(C)ccc2OC)CC1. The average molecular weight is 397 g/mol. The van der Waals surface area contributed by atoms with E-state index in [1.165, 1.54) is 11.1 Å². The second-order valence-electron chi connectivity index (χ2n) is 7.68. The first-order valence-electron chi connectivity index (χ1n) is 10.3. The number of benzene rings is 2. The van der Waals surface area contributed by atoms with Crippen molar-refractivity contribution < 1.29 is 14.3 Å². The van der Waals surface area contributed by atoms with E-state index in [4.69, 9.17) is 9.47 Å². The summed E-state index contributed by atoms with van der Waals surface area (Å²) in [5, 5.41) is 0. The summed E-state index contributed by atoms with van der Waals surface area (Å²) in [5.74, 6) is 1.93. The van der Waals surface area contributed by atoms with Crippen LogP contribution < -0.4 is 9.47 Å². The molecular weight excluding hydrogens is 364 g/mol. The van der Waals surface area contributed by atoms with Crippen LogP contribution in [0.2, 0.25) is 0 Å². The van der Waals surface area contributed by atoms with Crippen LogP contribution in [0.25, 0.3) is 0 Å². The van der Waals surface area contributed by atoms with Crippen molar-refractivity contribution >= 4 is 5.78 Å². The van der Waals surface area contributed by atoms with E-state index in [0.717, 1.165) is 61.9 Å². The number of carbonyl (C=O) groups is 1. The minimum Gasteiger partial charge on any atom is -0.496 e. The molecule has 2 aromatic rings. The van der Waals surface area contributed by atoms with Gasteiger partial charge in [-0.1, -0.05) is 17.7 Å². The molecule has 0 saturated carbocycles. The molecule has 0 spiro atoms. The van der Waals surface area contributed by atoms with Gasteiger partial charge in [-0.2, -0.15) is 0 Å². The molecule has 156 valence electrons. The number of rotatable bonds is 8. The molecule has 0 bridgehead atoms. The van der Waals surface area contributed by atoms with Crippen LogP contribution in [-0.4, -0.2) is 55.5 Å². The van der Waals surface area contributed by atoms with Gasteiger partial charge in [-0.15, -0.1) is 0 Å². The molecule has 1 aliphatic rings. The fourth-order valence-corrected chi connectivity index (χ4v) is 3.84. The highest BCUT2D eigenvalue weighted by molar-refractivity contribution is 5.94. The number of ether oxygens (including phenoxy) is 2. The Morgan fingerprint density at radius 2 is 1.52 bits per heavy atom. The summed E-state index contributed by atoms with van der Waals surface area (Å²) in [7, 11) is 1.73. The topological polar surface area (TPSA) is 42.0 Å². The standard InChI is InChI=1S/C24H32N2O3/c1-5-29-24-9-7-20(19(3)27)15-22(24)17-26-12-10-25(11-13-26)16-21-14-18(2)6-8-23(21)28-4/h6-9,14-15H,5,10-13,16-17H2,1-4H3. The van der Waals surface area contributed by atoms with Crippen LogP contribution in [0.15, 0.2) is 36.4 Å². The summed E-state index contributed by atoms with van der Waals surface area (Å²) < 4.78 is 11.3. The maximum absolute atomic E-state index is 11.8. The van der Waals surface area contributed by atoms with Crippen molar-refractivity contribution in [1.82, 2.24) is 9.80 Å². The van der Waals surface area contributed by atoms with Gasteiger partial charge in [0.05, 0.1) is 13.7 Å². The molecule has 2 aromatic carbocycles. The summed E-state index contributed by atoms with van der Waals surface area (Å²) in [4.78, 5) is 16.7. The average Bonchev–Trinajstić information content (AvgIpc) is 2.71. The zero-order valence-electron chi connectivity index (χ0n) is 18.0. The quantitative estimate of drug-likeness (QED) is 0.633. The largest absolute Gasteiger partial charge is 0.496 e. The number of hydrogen-bond acceptors (Lipinski definition) is 5. The van der Waals surface area contributed by atoms with Crippen molar-refractivity contribution in [2.24, 2.45) is 0 Å². The van der Waals surface area contributed by atoms with Gasteiger partial charge in [0.2, 0.25) is 0 Å². The third-order valence-corrected chi connectivity index (χ3v) is 5.46. The molecule has 0 atom stereocenters. The monoisotopic (exact) mass is 396 g/mol. The normalized spacial score (nSPS) is 15.3. The molecule has 1 saturated heterocycles. The highest BCUT2D eigenvalue weighted by Gasteiger charge is 2.20. The Hall–Kier alpha value is -2.37. The van der Waals surface area contributed by atoms with Crippen LogP contribution in [0, 0.1) is 6.92 Å². The van der Waals surface area contributed by atoms with E-state index in [-0.39, 0.29) is 5.78 Å². The molecule has 1 aliphatic heterocycles. The smallest absolute Gasteiger partial charge is 0.159 e. The fourth-order valence-electron chi connectivity index (χ4n) is 3.84. The lowest BCUT2D eigenvalue weighted by Gasteiger charge is -2.35. The molecule has 0 aliphatic carbocycles. The zero-order chi connectivity index (χ0) is 20.8. The number of piperazine rings is 1. The molecule has 0 amide bonds. The number of nitrogens with zero attached hydrogens (tertiary/aromatic N) is 2. The Labute approximate surface area is 174 Å². The first-order chi connectivity index (χ1) is 14.0. The molecule has 29 heavy (non-hydrogen) atoms. The highest BCUT2D eigenvalue weighted by Crippen LogP contribution is 2.25. The lowest BCUT2D eigenvalue weighted by atomic mass is 10.1. The van der Waals surface area contributed by atoms with E-state index in [1.807, 2.05) is 25.1 Å². The first-order valence-corrected chi connectivity index (χ1v) is 10.3. The first kappa shape index (κ1) is 21.3. The van der Waals surface area contributed by atoms with Crippen molar-refractivity contribution in [2.75, 3.05) is 39.9 Å². The summed E-state index contributed by atoms with van der Waals surface area (Å²) >= 11 is 0. The van der Waals surface area contributed by atoms with Crippen LogP contribution in [0.5, 0.6) is 11.5 Å². The van der Waals surface area contributed by atoms with Gasteiger partial charge in [-0.05, 0) is 45.0 Å². The van der Waals surface area contributed by atoms with E-state index in [0.29, 0.717) is 6.61 Å². The second-order valence-corrected chi connectivity index (χ2v) is 7.68. The van der Waals surface area contributed by atoms with Crippen LogP contribution in [-0.2, 0) is 13.1 Å². The Balaban J connectivity index is 1.62. The van der Waals surface area contributed by atoms with E-state index in [2.05, 4.69) is 34.9 Å². The Morgan fingerprint density at radius 3 is 2.07 bits per heavy atom. The van der Waals surface area contributed by atoms with E-state index >= 15 is 0 Å². The molecule has 0 unspecified atom stereocenters. The molecule has 1 heterocycles. The molecule has 1 fully saturated rings. The zero-order valence-corrected chi connectivity index (χ0v) is 18.0. The van der Waals surface area contributed by atoms with Gasteiger partial charge >= 0.3 is 0 Å². The van der Waals surface area contributed by atoms with Crippen molar-refractivity contribution in [1.29, 1.82) is 0 Å². The van der Waals surface area contributed by atoms with Gasteiger partial charge in [0.1, 0.15) is 11.5 Å². The van der Waals surface area contributed by atoms with Crippen LogP contribution in [0.3, 0.4) is 0 Å². The number of hydrogen-bond donors (Lipinski definition) is 0. The lowest BCUT2D eigenvalue weighted by Crippen LogP contribution is -2.45. The van der Waals surface area contributed by atoms with E-state index in [9.17, 15) is 4.79 Å². The second kappa shape index (κ2) is 9.90. The van der Waals surface area contributed by atoms with Crippen LogP contribution >= 0.6 is 0 Å². The lowest BCUT2D eigenvalue weighted by molar-refractivity contribution is 0.101. The predicted molar refractivity (Wildman–Crippen MR) is 116 cm³/mol. The van der Waals surface area contributed by atoms with E-state index < -0.39 is 0 Å². The number of ketones is 1. The summed E-state index contributed by atoms with van der Waals surface area (Å²) in [6, 6.07) is 12.1. The van der Waals surface area contributed by atoms with Gasteiger partial charge in [0, 0.05) is 56.0 Å². The third kappa shape index (κ3) is 5.58. The number of carbonyl (C=O) groups excluding carboxylic acids is 1. The number of aryl methyl sites for hydroxylation is 1. The van der Waals surface area contributed by atoms with Crippen molar-refractivity contribution in [3.05, 3.63) is 58.7 Å². The highest BCUT2D eigenvalue weighted by atomic mass is 16.5. The van der Waals surface area contributed by atoms with Gasteiger partial charge in [-0.25, -0.2) is 0 Å². The van der Waals surface area contributed by atoms with Gasteiger partial charge in [0.15, 0.2) is 5.78 Å². The third-order valence-electron chi connectivity index (χ3n) is 5.46. The van der Waals surface area contributed by atoms with Crippen molar-refractivity contribution in [3.8, 4) is 11.5 Å². The van der Waals surface area contributed by atoms with Crippen LogP contribution in [0.1, 0.15) is 40.9 Å². The molecule has 0 aromatic heterocycles. The van der Waals surface area contributed by atoms with Crippen molar-refractivity contribution in [3.63, 3.8) is 0 Å². The van der Waals surface area contributed by atoms with Crippen molar-refractivity contribution in [2.45, 2.75) is 33.9 Å². The fraction of sp³-hybridized carbons (Fsp3) is 0.458. The molecule has 0 radical (unpaired) electrons. The summed E-state index contributed by atoms with van der Waals surface area (Å²) in [6.07, 6.45) is 0. The Morgan fingerprint density at radius 1 is 0.931 bits per heavy atom. The molecule has 5 nitrogen and oxygen atoms in total. The molecule has 5 heteroatoms.